The van der Waals surface area contributed by atoms with Crippen LogP contribution in [-0.4, -0.2) is 24.2 Å². The van der Waals surface area contributed by atoms with Gasteiger partial charge in [-0.15, -0.1) is 0 Å². The van der Waals surface area contributed by atoms with Gasteiger partial charge in [-0.3, -0.25) is 4.79 Å². The average Bonchev–Trinajstić information content (AvgIpc) is 3.26. The first-order valence-corrected chi connectivity index (χ1v) is 7.20. The Hall–Kier alpha value is -1.79. The Kier molecular flexibility index (Phi) is 5.20. The lowest BCUT2D eigenvalue weighted by Gasteiger charge is -2.09. The van der Waals surface area contributed by atoms with E-state index in [1.807, 2.05) is 25.1 Å². The van der Waals surface area contributed by atoms with Gasteiger partial charge in [-0.25, -0.2) is 0 Å². The van der Waals surface area contributed by atoms with Crippen LogP contribution in [0.5, 0.6) is 0 Å². The zero-order valence-electron chi connectivity index (χ0n) is 11.9. The Bertz CT molecular complexity index is 536. The van der Waals surface area contributed by atoms with E-state index in [1.54, 1.807) is 0 Å². The predicted octanol–water partition coefficient (Wildman–Crippen LogP) is 2.26. The number of carbonyl (C=O) groups is 1. The van der Waals surface area contributed by atoms with Crippen LogP contribution in [0.2, 0.25) is 0 Å². The minimum Gasteiger partial charge on any atom is -0.384 e. The topological polar surface area (TPSA) is 49.3 Å². The molecule has 1 aliphatic carbocycles. The Balaban J connectivity index is 1.94. The zero-order valence-corrected chi connectivity index (χ0v) is 11.9. The smallest absolute Gasteiger partial charge is 0.251 e. The molecule has 1 amide bonds. The van der Waals surface area contributed by atoms with Crippen LogP contribution in [0.4, 0.5) is 0 Å². The fraction of sp³-hybridized carbons (Fsp3) is 0.471. The third-order valence-corrected chi connectivity index (χ3v) is 3.65. The van der Waals surface area contributed by atoms with Gasteiger partial charge in [0.25, 0.3) is 5.91 Å². The largest absolute Gasteiger partial charge is 0.384 e. The summed E-state index contributed by atoms with van der Waals surface area (Å²) in [7, 11) is 0. The van der Waals surface area contributed by atoms with Crippen LogP contribution >= 0.6 is 0 Å². The van der Waals surface area contributed by atoms with Gasteiger partial charge >= 0.3 is 0 Å². The van der Waals surface area contributed by atoms with E-state index < -0.39 is 0 Å². The molecule has 0 aromatic heterocycles. The van der Waals surface area contributed by atoms with E-state index in [0.717, 1.165) is 30.0 Å². The zero-order chi connectivity index (χ0) is 14.4. The monoisotopic (exact) mass is 271 g/mol. The number of nitrogens with one attached hydrogen (secondary N) is 1. The molecule has 0 unspecified atom stereocenters. The molecule has 1 fully saturated rings. The molecule has 3 nitrogen and oxygen atoms in total. The highest BCUT2D eigenvalue weighted by Crippen LogP contribution is 2.33. The second-order valence-corrected chi connectivity index (χ2v) is 5.28. The minimum atomic E-state index is -0.170. The molecular formula is C17H21NO2. The number of aliphatic hydroxyl groups is 1. The van der Waals surface area contributed by atoms with Gasteiger partial charge in [0.15, 0.2) is 0 Å². The first-order chi connectivity index (χ1) is 9.72. The summed E-state index contributed by atoms with van der Waals surface area (Å²) in [5, 5.41) is 11.7. The SMILES string of the molecule is Cc1c(C#CCO)cccc1C(=O)NCCCC1CC1. The summed E-state index contributed by atoms with van der Waals surface area (Å²) >= 11 is 0. The molecule has 0 atom stereocenters. The van der Waals surface area contributed by atoms with E-state index in [-0.39, 0.29) is 12.5 Å². The molecule has 1 aromatic carbocycles. The van der Waals surface area contributed by atoms with Gasteiger partial charge in [0.1, 0.15) is 6.61 Å². The molecule has 0 aliphatic heterocycles. The minimum absolute atomic E-state index is 0.0362. The molecule has 0 radical (unpaired) electrons. The molecule has 2 rings (SSSR count). The molecule has 0 heterocycles. The van der Waals surface area contributed by atoms with Gasteiger partial charge in [-0.05, 0) is 43.4 Å². The molecule has 3 heteroatoms. The van der Waals surface area contributed by atoms with Crippen molar-refractivity contribution in [2.45, 2.75) is 32.6 Å². The normalized spacial score (nSPS) is 13.5. The van der Waals surface area contributed by atoms with Gasteiger partial charge in [0.2, 0.25) is 0 Å². The van der Waals surface area contributed by atoms with E-state index in [9.17, 15) is 4.79 Å². The van der Waals surface area contributed by atoms with Gasteiger partial charge in [0.05, 0.1) is 0 Å². The third kappa shape index (κ3) is 4.11. The van der Waals surface area contributed by atoms with Crippen molar-refractivity contribution in [3.8, 4) is 11.8 Å². The molecule has 0 spiro atoms. The molecule has 1 saturated carbocycles. The molecule has 2 N–H and O–H groups in total. The fourth-order valence-electron chi connectivity index (χ4n) is 2.25. The van der Waals surface area contributed by atoms with E-state index in [1.165, 1.54) is 19.3 Å². The lowest BCUT2D eigenvalue weighted by molar-refractivity contribution is 0.0952. The lowest BCUT2D eigenvalue weighted by Crippen LogP contribution is -2.25. The number of hydrogen-bond acceptors (Lipinski definition) is 2. The molecule has 0 saturated heterocycles. The van der Waals surface area contributed by atoms with E-state index in [2.05, 4.69) is 17.2 Å². The molecule has 20 heavy (non-hydrogen) atoms. The van der Waals surface area contributed by atoms with Crippen molar-refractivity contribution < 1.29 is 9.90 Å². The van der Waals surface area contributed by atoms with Gasteiger partial charge in [-0.2, -0.15) is 0 Å². The van der Waals surface area contributed by atoms with Crippen molar-refractivity contribution in [3.05, 3.63) is 34.9 Å². The van der Waals surface area contributed by atoms with Crippen LogP contribution in [0.25, 0.3) is 0 Å². The van der Waals surface area contributed by atoms with Crippen molar-refractivity contribution in [1.82, 2.24) is 5.32 Å². The summed E-state index contributed by atoms with van der Waals surface area (Å²) in [4.78, 5) is 12.1. The number of hydrogen-bond donors (Lipinski definition) is 2. The Morgan fingerprint density at radius 2 is 2.25 bits per heavy atom. The first-order valence-electron chi connectivity index (χ1n) is 7.20. The summed E-state index contributed by atoms with van der Waals surface area (Å²) in [5.41, 5.74) is 2.33. The number of amides is 1. The summed E-state index contributed by atoms with van der Waals surface area (Å²) in [6.45, 7) is 2.46. The van der Waals surface area contributed by atoms with Crippen molar-refractivity contribution in [1.29, 1.82) is 0 Å². The maximum Gasteiger partial charge on any atom is 0.251 e. The second-order valence-electron chi connectivity index (χ2n) is 5.28. The highest BCUT2D eigenvalue weighted by atomic mass is 16.2. The number of rotatable bonds is 5. The van der Waals surface area contributed by atoms with Crippen LogP contribution in [0.3, 0.4) is 0 Å². The quantitative estimate of drug-likeness (QED) is 0.637. The van der Waals surface area contributed by atoms with Gasteiger partial charge in [-0.1, -0.05) is 30.7 Å². The highest BCUT2D eigenvalue weighted by Gasteiger charge is 2.20. The standard InChI is InChI=1S/C17H21NO2/c1-13-15(7-4-12-19)6-2-8-16(13)17(20)18-11-3-5-14-9-10-14/h2,6,8,14,19H,3,5,9-12H2,1H3,(H,18,20). The molecule has 1 aromatic rings. The van der Waals surface area contributed by atoms with Gasteiger partial charge in [0, 0.05) is 17.7 Å². The van der Waals surface area contributed by atoms with Crippen LogP contribution in [0.1, 0.15) is 47.2 Å². The van der Waals surface area contributed by atoms with E-state index in [0.29, 0.717) is 5.56 Å². The van der Waals surface area contributed by atoms with Crippen LogP contribution in [0.15, 0.2) is 18.2 Å². The summed E-state index contributed by atoms with van der Waals surface area (Å²) in [5.74, 6) is 6.36. The Morgan fingerprint density at radius 3 is 2.95 bits per heavy atom. The third-order valence-electron chi connectivity index (χ3n) is 3.65. The average molecular weight is 271 g/mol. The Labute approximate surface area is 120 Å². The first kappa shape index (κ1) is 14.6. The van der Waals surface area contributed by atoms with Crippen LogP contribution < -0.4 is 5.32 Å². The molecular weight excluding hydrogens is 250 g/mol. The van der Waals surface area contributed by atoms with Crippen molar-refractivity contribution >= 4 is 5.91 Å². The number of carbonyl (C=O) groups excluding carboxylic acids is 1. The van der Waals surface area contributed by atoms with E-state index >= 15 is 0 Å². The highest BCUT2D eigenvalue weighted by molar-refractivity contribution is 5.96. The van der Waals surface area contributed by atoms with Crippen molar-refractivity contribution in [2.24, 2.45) is 5.92 Å². The summed E-state index contributed by atoms with van der Waals surface area (Å²) in [6.07, 6.45) is 5.00. The predicted molar refractivity (Wildman–Crippen MR) is 79.4 cm³/mol. The molecule has 106 valence electrons. The second kappa shape index (κ2) is 7.12. The summed E-state index contributed by atoms with van der Waals surface area (Å²) < 4.78 is 0. The summed E-state index contributed by atoms with van der Waals surface area (Å²) in [6, 6.07) is 5.51. The van der Waals surface area contributed by atoms with Crippen molar-refractivity contribution in [2.75, 3.05) is 13.2 Å². The Morgan fingerprint density at radius 1 is 1.45 bits per heavy atom. The van der Waals surface area contributed by atoms with Crippen LogP contribution in [0, 0.1) is 24.7 Å². The van der Waals surface area contributed by atoms with Crippen molar-refractivity contribution in [3.63, 3.8) is 0 Å². The number of aliphatic hydroxyl groups excluding tert-OH is 1. The maximum atomic E-state index is 12.1. The number of benzene rings is 1. The molecule has 1 aliphatic rings. The van der Waals surface area contributed by atoms with Crippen LogP contribution in [-0.2, 0) is 0 Å². The molecule has 0 bridgehead atoms. The van der Waals surface area contributed by atoms with Gasteiger partial charge < -0.3 is 10.4 Å². The lowest BCUT2D eigenvalue weighted by atomic mass is 10.0. The fourth-order valence-corrected chi connectivity index (χ4v) is 2.25. The maximum absolute atomic E-state index is 12.1. The van der Waals surface area contributed by atoms with E-state index in [4.69, 9.17) is 5.11 Å².